The molecule has 1 unspecified atom stereocenters. The van der Waals surface area contributed by atoms with Gasteiger partial charge in [0.15, 0.2) is 0 Å². The van der Waals surface area contributed by atoms with Gasteiger partial charge in [0.05, 0.1) is 22.7 Å². The Morgan fingerprint density at radius 3 is 2.25 bits per heavy atom. The van der Waals surface area contributed by atoms with Crippen LogP contribution in [0.3, 0.4) is 0 Å². The molecule has 1 aliphatic carbocycles. The Kier molecular flexibility index (Phi) is 15.7. The van der Waals surface area contributed by atoms with Crippen molar-refractivity contribution in [3.8, 4) is 21.9 Å². The second kappa shape index (κ2) is 22.0. The van der Waals surface area contributed by atoms with E-state index in [0.717, 1.165) is 79.4 Å². The summed E-state index contributed by atoms with van der Waals surface area (Å²) >= 11 is 1.61. The molecular weight excluding hydrogens is 861 g/mol. The number of rotatable bonds is 17. The van der Waals surface area contributed by atoms with Crippen molar-refractivity contribution in [1.29, 1.82) is 0 Å². The van der Waals surface area contributed by atoms with Gasteiger partial charge in [-0.3, -0.25) is 24.2 Å². The number of thiazole rings is 1. The average Bonchev–Trinajstić information content (AvgIpc) is 4.01. The van der Waals surface area contributed by atoms with Gasteiger partial charge in [0.1, 0.15) is 36.8 Å². The van der Waals surface area contributed by atoms with Gasteiger partial charge in [0.2, 0.25) is 17.7 Å². The zero-order chi connectivity index (χ0) is 46.9. The first-order valence-corrected chi connectivity index (χ1v) is 24.8. The lowest BCUT2D eigenvalue weighted by Gasteiger charge is -2.35. The third-order valence-electron chi connectivity index (χ3n) is 13.7. The Bertz CT molecular complexity index is 2430. The summed E-state index contributed by atoms with van der Waals surface area (Å²) in [7, 11) is 0. The molecule has 4 aromatic carbocycles. The Hall–Kier alpha value is -5.60. The fourth-order valence-corrected chi connectivity index (χ4v) is 10.7. The molecule has 0 saturated carbocycles. The lowest BCUT2D eigenvalue weighted by molar-refractivity contribution is -0.144. The second-order valence-electron chi connectivity index (χ2n) is 19.3. The number of carbonyl (C=O) groups excluding carboxylic acids is 3. The average molecular weight is 927 g/mol. The molecule has 3 heterocycles. The lowest BCUT2D eigenvalue weighted by Crippen LogP contribution is -2.58. The van der Waals surface area contributed by atoms with Gasteiger partial charge in [0.25, 0.3) is 0 Å². The predicted octanol–water partition coefficient (Wildman–Crippen LogP) is 7.54. The number of hydrogen-bond acceptors (Lipinski definition) is 10. The molecule has 3 amide bonds. The van der Waals surface area contributed by atoms with Gasteiger partial charge in [-0.25, -0.2) is 4.98 Å². The number of hydrogen-bond donors (Lipinski definition) is 3. The highest BCUT2D eigenvalue weighted by atomic mass is 32.1. The molecule has 0 spiro atoms. The maximum Gasteiger partial charge on any atom is 0.246 e. The zero-order valence-corrected chi connectivity index (χ0v) is 40.2. The van der Waals surface area contributed by atoms with Crippen molar-refractivity contribution in [2.75, 3.05) is 65.6 Å². The van der Waals surface area contributed by atoms with Gasteiger partial charge in [-0.05, 0) is 102 Å². The number of phenols is 1. The molecule has 3 aliphatic rings. The van der Waals surface area contributed by atoms with Crippen LogP contribution in [0, 0.1) is 12.3 Å². The first-order valence-electron chi connectivity index (χ1n) is 23.9. The number of carbonyl (C=O) groups is 3. The first kappa shape index (κ1) is 47.9. The number of fused-ring (bicyclic) bond motifs is 1. The molecule has 12 nitrogen and oxygen atoms in total. The SMILES string of the molecule is Cc1ncsc1-c1ccc(CNC(=O)[C@@H]2CCCN2C(=O)C(NC(=O)COCCN2CCN(CCOc3ccc([C@@H]4c5ccc(O)cc5CC[C@@H]4c4ccccc4)cc3)CC2)C(C)(C)C)cc1. The summed E-state index contributed by atoms with van der Waals surface area (Å²) in [6, 6.07) is 31.9. The van der Waals surface area contributed by atoms with Crippen molar-refractivity contribution >= 4 is 29.1 Å². The van der Waals surface area contributed by atoms with E-state index in [1.807, 2.05) is 69.6 Å². The lowest BCUT2D eigenvalue weighted by atomic mass is 9.69. The summed E-state index contributed by atoms with van der Waals surface area (Å²) in [5.41, 5.74) is 9.44. The van der Waals surface area contributed by atoms with Crippen LogP contribution in [0.1, 0.15) is 85.4 Å². The number of ether oxygens (including phenoxy) is 2. The van der Waals surface area contributed by atoms with Crippen LogP contribution in [0.2, 0.25) is 0 Å². The molecule has 67 heavy (non-hydrogen) atoms. The van der Waals surface area contributed by atoms with E-state index in [4.69, 9.17) is 9.47 Å². The molecule has 3 N–H and O–H groups in total. The summed E-state index contributed by atoms with van der Waals surface area (Å²) in [6.07, 6.45) is 3.27. The van der Waals surface area contributed by atoms with Gasteiger partial charge in [-0.15, -0.1) is 11.3 Å². The molecule has 2 saturated heterocycles. The molecule has 0 radical (unpaired) electrons. The number of amides is 3. The maximum absolute atomic E-state index is 14.0. The van der Waals surface area contributed by atoms with Crippen LogP contribution in [0.4, 0.5) is 0 Å². The van der Waals surface area contributed by atoms with Crippen LogP contribution >= 0.6 is 11.3 Å². The van der Waals surface area contributed by atoms with Gasteiger partial charge >= 0.3 is 0 Å². The number of benzene rings is 4. The molecule has 354 valence electrons. The van der Waals surface area contributed by atoms with Crippen molar-refractivity contribution in [3.63, 3.8) is 0 Å². The van der Waals surface area contributed by atoms with Crippen molar-refractivity contribution in [3.05, 3.63) is 136 Å². The van der Waals surface area contributed by atoms with Crippen LogP contribution in [0.5, 0.6) is 11.5 Å². The predicted molar refractivity (Wildman–Crippen MR) is 263 cm³/mol. The van der Waals surface area contributed by atoms with Crippen molar-refractivity contribution in [1.82, 2.24) is 30.3 Å². The number of aromatic nitrogens is 1. The molecule has 13 heteroatoms. The summed E-state index contributed by atoms with van der Waals surface area (Å²) in [6.45, 7) is 14.7. The van der Waals surface area contributed by atoms with E-state index >= 15 is 0 Å². The molecule has 2 fully saturated rings. The number of nitrogens with one attached hydrogen (secondary N) is 2. The van der Waals surface area contributed by atoms with E-state index in [9.17, 15) is 19.5 Å². The highest BCUT2D eigenvalue weighted by Crippen LogP contribution is 2.47. The minimum atomic E-state index is -0.805. The van der Waals surface area contributed by atoms with E-state index < -0.39 is 17.5 Å². The topological polar surface area (TPSA) is 137 Å². The minimum absolute atomic E-state index is 0.143. The molecular formula is C54H66N6O6S. The van der Waals surface area contributed by atoms with Gasteiger partial charge in [-0.1, -0.05) is 93.6 Å². The number of likely N-dealkylation sites (tertiary alicyclic amines) is 1. The number of aromatic hydroxyl groups is 1. The molecule has 8 rings (SSSR count). The second-order valence-corrected chi connectivity index (χ2v) is 20.2. The number of aryl methyl sites for hydroxylation is 2. The summed E-state index contributed by atoms with van der Waals surface area (Å²) in [4.78, 5) is 52.5. The highest BCUT2D eigenvalue weighted by molar-refractivity contribution is 7.13. The van der Waals surface area contributed by atoms with E-state index in [1.54, 1.807) is 16.2 Å². The first-order chi connectivity index (χ1) is 32.4. The molecule has 0 bridgehead atoms. The Morgan fingerprint density at radius 1 is 0.851 bits per heavy atom. The van der Waals surface area contributed by atoms with E-state index in [0.29, 0.717) is 50.9 Å². The fourth-order valence-electron chi connectivity index (χ4n) is 9.92. The molecule has 1 aromatic heterocycles. The standard InChI is InChI=1S/C54H66N6O6S/c1-37-50(67-36-56-37)41-14-12-38(13-15-41)34-55-52(63)47-11-8-24-60(47)53(64)51(54(2,3)4)57-48(62)35-65-31-29-58-25-27-59(28-26-58)30-32-66-44-20-16-40(17-21-44)49-45(39-9-6-5-7-10-39)22-18-42-33-43(61)19-23-46(42)49/h5-7,9-10,12-17,19-21,23,33,36,45,47,49,51,61H,8,11,18,22,24-32,34-35H2,1-4H3,(H,55,63)(H,57,62)/t45-,47+,49+,51?/m1/s1. The Labute approximate surface area is 399 Å². The van der Waals surface area contributed by atoms with Crippen LogP contribution in [0.25, 0.3) is 10.4 Å². The van der Waals surface area contributed by atoms with Gasteiger partial charge < -0.3 is 30.1 Å². The van der Waals surface area contributed by atoms with E-state index in [2.05, 4.69) is 86.1 Å². The van der Waals surface area contributed by atoms with E-state index in [1.165, 1.54) is 22.3 Å². The highest BCUT2D eigenvalue weighted by Gasteiger charge is 2.42. The van der Waals surface area contributed by atoms with Crippen LogP contribution in [-0.4, -0.2) is 120 Å². The van der Waals surface area contributed by atoms with Crippen molar-refractivity contribution < 1.29 is 29.0 Å². The maximum atomic E-state index is 14.0. The number of phenolic OH excluding ortho intramolecular Hbond substituents is 1. The van der Waals surface area contributed by atoms with E-state index in [-0.39, 0.29) is 30.2 Å². The quantitative estimate of drug-likeness (QED) is 0.0809. The number of piperazine rings is 1. The summed E-state index contributed by atoms with van der Waals surface area (Å²) in [5.74, 6) is 0.966. The molecule has 2 aliphatic heterocycles. The zero-order valence-electron chi connectivity index (χ0n) is 39.4. The van der Waals surface area contributed by atoms with Crippen molar-refractivity contribution in [2.24, 2.45) is 5.41 Å². The van der Waals surface area contributed by atoms with Gasteiger partial charge in [0, 0.05) is 58.3 Å². The van der Waals surface area contributed by atoms with Crippen molar-refractivity contribution in [2.45, 2.75) is 83.8 Å². The summed E-state index contributed by atoms with van der Waals surface area (Å²) < 4.78 is 12.1. The van der Waals surface area contributed by atoms with Crippen LogP contribution in [-0.2, 0) is 32.1 Å². The van der Waals surface area contributed by atoms with Crippen LogP contribution in [0.15, 0.2) is 103 Å². The fraction of sp³-hybridized carbons (Fsp3) is 0.444. The third-order valence-corrected chi connectivity index (χ3v) is 14.6. The smallest absolute Gasteiger partial charge is 0.246 e. The molecule has 5 aromatic rings. The normalized spacial score (nSPS) is 19.4. The van der Waals surface area contributed by atoms with Crippen LogP contribution < -0.4 is 15.4 Å². The largest absolute Gasteiger partial charge is 0.508 e. The Balaban J connectivity index is 0.733. The molecule has 4 atom stereocenters. The minimum Gasteiger partial charge on any atom is -0.508 e. The summed E-state index contributed by atoms with van der Waals surface area (Å²) in [5, 5.41) is 16.2. The third kappa shape index (κ3) is 12.1. The number of nitrogens with zero attached hydrogens (tertiary/aromatic N) is 4. The Morgan fingerprint density at radius 2 is 1.57 bits per heavy atom. The monoisotopic (exact) mass is 926 g/mol. The van der Waals surface area contributed by atoms with Gasteiger partial charge in [-0.2, -0.15) is 0 Å².